The van der Waals surface area contributed by atoms with Crippen molar-refractivity contribution in [2.45, 2.75) is 44.2 Å². The number of para-hydroxylation sites is 1. The van der Waals surface area contributed by atoms with Crippen molar-refractivity contribution in [3.8, 4) is 0 Å². The number of carbonyl (C=O) groups is 3. The van der Waals surface area contributed by atoms with E-state index < -0.39 is 28.5 Å². The monoisotopic (exact) mass is 452 g/mol. The van der Waals surface area contributed by atoms with Crippen LogP contribution in [0.1, 0.15) is 42.5 Å². The first-order chi connectivity index (χ1) is 14.7. The van der Waals surface area contributed by atoms with Crippen LogP contribution in [0.5, 0.6) is 0 Å². The first-order valence-corrected chi connectivity index (χ1v) is 12.1. The standard InChI is InChI=1S/C21H28N2O7S/c1-22(21(26)29-2)18-10-6-5-9-17(18)20(25)30-13-19(24)23(15-7-3-4-8-15)16-11-12-31(27,28)14-16/h5-6,9-10,15-16H,3-4,7-8,11-14H2,1-2H3. The molecule has 1 atom stereocenters. The van der Waals surface area contributed by atoms with E-state index in [0.29, 0.717) is 12.1 Å². The molecule has 2 aliphatic rings. The van der Waals surface area contributed by atoms with Crippen LogP contribution in [0.2, 0.25) is 0 Å². The molecule has 2 fully saturated rings. The average molecular weight is 453 g/mol. The molecule has 1 heterocycles. The van der Waals surface area contributed by atoms with Crippen LogP contribution < -0.4 is 4.90 Å². The van der Waals surface area contributed by atoms with Crippen LogP contribution >= 0.6 is 0 Å². The molecule has 2 amide bonds. The number of benzene rings is 1. The molecule has 31 heavy (non-hydrogen) atoms. The minimum Gasteiger partial charge on any atom is -0.452 e. The molecule has 3 rings (SSSR count). The summed E-state index contributed by atoms with van der Waals surface area (Å²) in [6.07, 6.45) is 3.38. The van der Waals surface area contributed by atoms with Crippen LogP contribution in [0.25, 0.3) is 0 Å². The number of amides is 2. The molecule has 10 heteroatoms. The van der Waals surface area contributed by atoms with E-state index >= 15 is 0 Å². The minimum atomic E-state index is -3.15. The molecule has 1 aromatic rings. The second-order valence-corrected chi connectivity index (χ2v) is 10.1. The summed E-state index contributed by atoms with van der Waals surface area (Å²) in [5, 5.41) is 0. The Balaban J connectivity index is 1.71. The van der Waals surface area contributed by atoms with E-state index in [1.54, 1.807) is 23.1 Å². The van der Waals surface area contributed by atoms with E-state index in [0.717, 1.165) is 25.7 Å². The number of ether oxygens (including phenoxy) is 2. The molecular weight excluding hydrogens is 424 g/mol. The molecule has 0 aromatic heterocycles. The van der Waals surface area contributed by atoms with Gasteiger partial charge in [-0.25, -0.2) is 18.0 Å². The zero-order valence-electron chi connectivity index (χ0n) is 17.8. The van der Waals surface area contributed by atoms with E-state index in [9.17, 15) is 22.8 Å². The van der Waals surface area contributed by atoms with Gasteiger partial charge in [-0.1, -0.05) is 25.0 Å². The number of anilines is 1. The van der Waals surface area contributed by atoms with E-state index in [4.69, 9.17) is 4.74 Å². The lowest BCUT2D eigenvalue weighted by Crippen LogP contribution is -2.48. The zero-order chi connectivity index (χ0) is 22.6. The molecule has 1 aliphatic heterocycles. The lowest BCUT2D eigenvalue weighted by atomic mass is 10.1. The van der Waals surface area contributed by atoms with Crippen LogP contribution in [-0.2, 0) is 24.1 Å². The number of hydrogen-bond acceptors (Lipinski definition) is 7. The largest absolute Gasteiger partial charge is 0.452 e. The quantitative estimate of drug-likeness (QED) is 0.607. The highest BCUT2D eigenvalue weighted by atomic mass is 32.2. The Morgan fingerprint density at radius 1 is 1.06 bits per heavy atom. The first-order valence-electron chi connectivity index (χ1n) is 10.3. The average Bonchev–Trinajstić information content (AvgIpc) is 3.41. The van der Waals surface area contributed by atoms with Crippen molar-refractivity contribution in [3.05, 3.63) is 29.8 Å². The molecule has 0 bridgehead atoms. The summed E-state index contributed by atoms with van der Waals surface area (Å²) in [7, 11) is -0.455. The van der Waals surface area contributed by atoms with Gasteiger partial charge in [0.1, 0.15) is 0 Å². The van der Waals surface area contributed by atoms with Crippen molar-refractivity contribution in [1.29, 1.82) is 0 Å². The third-order valence-corrected chi connectivity index (χ3v) is 7.62. The SMILES string of the molecule is COC(=O)N(C)c1ccccc1C(=O)OCC(=O)N(C1CCCC1)C1CCS(=O)(=O)C1. The molecule has 1 saturated carbocycles. The van der Waals surface area contributed by atoms with Crippen molar-refractivity contribution in [1.82, 2.24) is 4.90 Å². The molecular formula is C21H28N2O7S. The van der Waals surface area contributed by atoms with Crippen molar-refractivity contribution >= 4 is 33.5 Å². The second kappa shape index (κ2) is 9.67. The highest BCUT2D eigenvalue weighted by Crippen LogP contribution is 2.29. The maximum atomic E-state index is 13.0. The fraction of sp³-hybridized carbons (Fsp3) is 0.571. The molecule has 0 spiro atoms. The van der Waals surface area contributed by atoms with Gasteiger partial charge in [-0.2, -0.15) is 0 Å². The molecule has 1 unspecified atom stereocenters. The first kappa shape index (κ1) is 23.1. The fourth-order valence-electron chi connectivity index (χ4n) is 4.34. The Bertz CT molecular complexity index is 941. The number of rotatable bonds is 6. The van der Waals surface area contributed by atoms with Crippen LogP contribution in [0.15, 0.2) is 24.3 Å². The lowest BCUT2D eigenvalue weighted by molar-refractivity contribution is -0.139. The highest BCUT2D eigenvalue weighted by Gasteiger charge is 2.39. The molecule has 170 valence electrons. The fourth-order valence-corrected chi connectivity index (χ4v) is 6.05. The van der Waals surface area contributed by atoms with Gasteiger partial charge in [0.25, 0.3) is 5.91 Å². The predicted molar refractivity (Wildman–Crippen MR) is 114 cm³/mol. The zero-order valence-corrected chi connectivity index (χ0v) is 18.6. The van der Waals surface area contributed by atoms with Gasteiger partial charge in [0, 0.05) is 19.1 Å². The summed E-state index contributed by atoms with van der Waals surface area (Å²) in [4.78, 5) is 40.3. The molecule has 0 radical (unpaired) electrons. The smallest absolute Gasteiger partial charge is 0.413 e. The van der Waals surface area contributed by atoms with Gasteiger partial charge in [-0.15, -0.1) is 0 Å². The molecule has 1 saturated heterocycles. The molecule has 0 N–H and O–H groups in total. The van der Waals surface area contributed by atoms with Crippen molar-refractivity contribution in [2.75, 3.05) is 37.2 Å². The van der Waals surface area contributed by atoms with E-state index in [1.807, 2.05) is 0 Å². The van der Waals surface area contributed by atoms with Gasteiger partial charge in [0.05, 0.1) is 29.9 Å². The minimum absolute atomic E-state index is 0.0257. The van der Waals surface area contributed by atoms with Gasteiger partial charge < -0.3 is 14.4 Å². The number of esters is 1. The van der Waals surface area contributed by atoms with Gasteiger partial charge in [0.15, 0.2) is 16.4 Å². The van der Waals surface area contributed by atoms with Crippen LogP contribution in [0, 0.1) is 0 Å². The maximum absolute atomic E-state index is 13.0. The molecule has 9 nitrogen and oxygen atoms in total. The van der Waals surface area contributed by atoms with Crippen molar-refractivity contribution in [2.24, 2.45) is 0 Å². The summed E-state index contributed by atoms with van der Waals surface area (Å²) in [5.41, 5.74) is 0.417. The second-order valence-electron chi connectivity index (χ2n) is 7.92. The Kier molecular flexibility index (Phi) is 7.19. The molecule has 1 aliphatic carbocycles. The summed E-state index contributed by atoms with van der Waals surface area (Å²) in [6.45, 7) is -0.484. The number of carbonyl (C=O) groups excluding carboxylic acids is 3. The Hall–Kier alpha value is -2.62. The molecule has 1 aromatic carbocycles. The van der Waals surface area contributed by atoms with E-state index in [2.05, 4.69) is 4.74 Å². The number of nitrogens with zero attached hydrogens (tertiary/aromatic N) is 2. The number of hydrogen-bond donors (Lipinski definition) is 0. The van der Waals surface area contributed by atoms with Crippen LogP contribution in [0.4, 0.5) is 10.5 Å². The Labute approximate surface area is 182 Å². The van der Waals surface area contributed by atoms with Crippen LogP contribution in [-0.4, -0.2) is 75.6 Å². The summed E-state index contributed by atoms with van der Waals surface area (Å²) in [6, 6.07) is 5.96. The summed E-state index contributed by atoms with van der Waals surface area (Å²) < 4.78 is 33.9. The van der Waals surface area contributed by atoms with Crippen molar-refractivity contribution < 1.29 is 32.3 Å². The Morgan fingerprint density at radius 3 is 2.35 bits per heavy atom. The third kappa shape index (κ3) is 5.36. The van der Waals surface area contributed by atoms with Gasteiger partial charge >= 0.3 is 12.1 Å². The third-order valence-electron chi connectivity index (χ3n) is 5.87. The number of sulfone groups is 1. The van der Waals surface area contributed by atoms with E-state index in [-0.39, 0.29) is 35.1 Å². The summed E-state index contributed by atoms with van der Waals surface area (Å²) >= 11 is 0. The lowest BCUT2D eigenvalue weighted by Gasteiger charge is -2.33. The van der Waals surface area contributed by atoms with Crippen molar-refractivity contribution in [3.63, 3.8) is 0 Å². The normalized spacial score (nSPS) is 20.3. The maximum Gasteiger partial charge on any atom is 0.413 e. The Morgan fingerprint density at radius 2 is 1.74 bits per heavy atom. The number of methoxy groups -OCH3 is 1. The van der Waals surface area contributed by atoms with Gasteiger partial charge in [-0.3, -0.25) is 9.69 Å². The highest BCUT2D eigenvalue weighted by molar-refractivity contribution is 7.91. The predicted octanol–water partition coefficient (Wildman–Crippen LogP) is 2.00. The van der Waals surface area contributed by atoms with Gasteiger partial charge in [0.2, 0.25) is 0 Å². The van der Waals surface area contributed by atoms with Gasteiger partial charge in [-0.05, 0) is 31.4 Å². The van der Waals surface area contributed by atoms with Crippen LogP contribution in [0.3, 0.4) is 0 Å². The topological polar surface area (TPSA) is 110 Å². The summed E-state index contributed by atoms with van der Waals surface area (Å²) in [5.74, 6) is -1.11. The van der Waals surface area contributed by atoms with E-state index in [1.165, 1.54) is 25.1 Å².